The van der Waals surface area contributed by atoms with Gasteiger partial charge in [-0.15, -0.1) is 0 Å². The molecule has 5 nitrogen and oxygen atoms in total. The molecule has 0 amide bonds. The zero-order valence-electron chi connectivity index (χ0n) is 10.5. The summed E-state index contributed by atoms with van der Waals surface area (Å²) in [5.74, 6) is 0.0998. The van der Waals surface area contributed by atoms with Crippen LogP contribution in [-0.2, 0) is 6.54 Å². The van der Waals surface area contributed by atoms with Crippen LogP contribution in [0, 0.1) is 5.41 Å². The Kier molecular flexibility index (Phi) is 4.97. The molecule has 0 fully saturated rings. The van der Waals surface area contributed by atoms with Crippen LogP contribution in [0.3, 0.4) is 0 Å². The van der Waals surface area contributed by atoms with Crippen molar-refractivity contribution in [2.45, 2.75) is 26.4 Å². The van der Waals surface area contributed by atoms with Crippen molar-refractivity contribution in [3.63, 3.8) is 0 Å². The van der Waals surface area contributed by atoms with E-state index in [1.54, 1.807) is 6.07 Å². The Bertz CT molecular complexity index is 456. The molecule has 5 N–H and O–H groups in total. The van der Waals surface area contributed by atoms with Gasteiger partial charge in [-0.2, -0.15) is 0 Å². The van der Waals surface area contributed by atoms with E-state index in [2.05, 4.69) is 4.99 Å². The Morgan fingerprint density at radius 1 is 1.39 bits per heavy atom. The molecule has 1 rings (SSSR count). The number of nitrogens with zero attached hydrogens (tertiary/aromatic N) is 2. The van der Waals surface area contributed by atoms with Crippen molar-refractivity contribution in [1.82, 2.24) is 4.90 Å². The Morgan fingerprint density at radius 2 is 2.00 bits per heavy atom. The first kappa shape index (κ1) is 14.3. The highest BCUT2D eigenvalue weighted by Crippen LogP contribution is 2.15. The first-order valence-electron chi connectivity index (χ1n) is 5.60. The van der Waals surface area contributed by atoms with Crippen molar-refractivity contribution in [2.75, 3.05) is 0 Å². The Balaban J connectivity index is 2.84. The van der Waals surface area contributed by atoms with Gasteiger partial charge < -0.3 is 11.5 Å². The van der Waals surface area contributed by atoms with E-state index in [0.717, 1.165) is 5.56 Å². The molecule has 0 spiro atoms. The van der Waals surface area contributed by atoms with Crippen LogP contribution in [0.2, 0.25) is 5.02 Å². The number of guanidine groups is 2. The Hall–Kier alpha value is -1.75. The van der Waals surface area contributed by atoms with Crippen molar-refractivity contribution in [3.8, 4) is 0 Å². The molecule has 1 aromatic rings. The summed E-state index contributed by atoms with van der Waals surface area (Å²) in [5, 5.41) is 8.10. The van der Waals surface area contributed by atoms with Gasteiger partial charge in [-0.3, -0.25) is 10.3 Å². The number of hydrogen-bond donors (Lipinski definition) is 3. The number of benzene rings is 1. The zero-order chi connectivity index (χ0) is 13.7. The predicted octanol–water partition coefficient (Wildman–Crippen LogP) is 1.76. The SMILES string of the molecule is CC(C)N(C(=N)N)C(N)=NCc1ccccc1Cl. The maximum absolute atomic E-state index is 7.45. The molecule has 0 heterocycles. The van der Waals surface area contributed by atoms with E-state index in [1.165, 1.54) is 4.90 Å². The van der Waals surface area contributed by atoms with E-state index in [4.69, 9.17) is 28.5 Å². The molecular weight excluding hydrogens is 250 g/mol. The lowest BCUT2D eigenvalue weighted by Crippen LogP contribution is -2.49. The second-order valence-corrected chi connectivity index (χ2v) is 4.52. The molecule has 0 aliphatic carbocycles. The highest BCUT2D eigenvalue weighted by Gasteiger charge is 2.14. The van der Waals surface area contributed by atoms with Crippen LogP contribution in [0.1, 0.15) is 19.4 Å². The van der Waals surface area contributed by atoms with E-state index in [9.17, 15) is 0 Å². The van der Waals surface area contributed by atoms with Crippen LogP contribution in [-0.4, -0.2) is 22.9 Å². The highest BCUT2D eigenvalue weighted by molar-refractivity contribution is 6.31. The molecule has 6 heteroatoms. The lowest BCUT2D eigenvalue weighted by Gasteiger charge is -2.25. The van der Waals surface area contributed by atoms with Crippen molar-refractivity contribution in [2.24, 2.45) is 16.5 Å². The van der Waals surface area contributed by atoms with Gasteiger partial charge in [0.25, 0.3) is 0 Å². The van der Waals surface area contributed by atoms with Crippen LogP contribution in [0.5, 0.6) is 0 Å². The molecule has 0 radical (unpaired) electrons. The van der Waals surface area contributed by atoms with E-state index >= 15 is 0 Å². The third-order valence-electron chi connectivity index (χ3n) is 2.39. The van der Waals surface area contributed by atoms with Gasteiger partial charge in [0.2, 0.25) is 0 Å². The van der Waals surface area contributed by atoms with E-state index in [-0.39, 0.29) is 18.0 Å². The summed E-state index contributed by atoms with van der Waals surface area (Å²) in [5.41, 5.74) is 12.2. The molecular formula is C12H18ClN5. The molecule has 0 aromatic heterocycles. The molecule has 98 valence electrons. The molecule has 0 saturated carbocycles. The summed E-state index contributed by atoms with van der Waals surface area (Å²) in [6.45, 7) is 4.14. The molecule has 1 aromatic carbocycles. The number of nitrogens with two attached hydrogens (primary N) is 2. The molecule has 0 aliphatic rings. The summed E-state index contributed by atoms with van der Waals surface area (Å²) in [6.07, 6.45) is 0. The van der Waals surface area contributed by atoms with Gasteiger partial charge in [-0.05, 0) is 25.5 Å². The molecule has 0 bridgehead atoms. The van der Waals surface area contributed by atoms with E-state index < -0.39 is 0 Å². The molecule has 0 saturated heterocycles. The standard InChI is InChI=1S/C12H18ClN5/c1-8(2)18(11(14)15)12(16)17-7-9-5-3-4-6-10(9)13/h3-6,8H,7H2,1-2H3,(H3,14,15)(H2,16,17). The van der Waals surface area contributed by atoms with Crippen molar-refractivity contribution in [3.05, 3.63) is 34.9 Å². The van der Waals surface area contributed by atoms with Gasteiger partial charge in [-0.1, -0.05) is 29.8 Å². The number of rotatable bonds is 3. The minimum atomic E-state index is -0.120. The zero-order valence-corrected chi connectivity index (χ0v) is 11.3. The van der Waals surface area contributed by atoms with Gasteiger partial charge >= 0.3 is 0 Å². The number of hydrogen-bond acceptors (Lipinski definition) is 2. The molecule has 0 atom stereocenters. The average molecular weight is 268 g/mol. The van der Waals surface area contributed by atoms with Crippen LogP contribution in [0.4, 0.5) is 0 Å². The molecule has 0 unspecified atom stereocenters. The third-order valence-corrected chi connectivity index (χ3v) is 2.76. The largest absolute Gasteiger partial charge is 0.370 e. The molecule has 0 aliphatic heterocycles. The van der Waals surface area contributed by atoms with Gasteiger partial charge in [0.05, 0.1) is 6.54 Å². The van der Waals surface area contributed by atoms with Crippen LogP contribution in [0.15, 0.2) is 29.3 Å². The summed E-state index contributed by atoms with van der Waals surface area (Å²) in [6, 6.07) is 7.41. The fourth-order valence-corrected chi connectivity index (χ4v) is 1.73. The average Bonchev–Trinajstić information content (AvgIpc) is 2.27. The van der Waals surface area contributed by atoms with Crippen LogP contribution < -0.4 is 11.5 Å². The second kappa shape index (κ2) is 6.26. The van der Waals surface area contributed by atoms with Crippen molar-refractivity contribution in [1.29, 1.82) is 5.41 Å². The lowest BCUT2D eigenvalue weighted by molar-refractivity contribution is 0.485. The van der Waals surface area contributed by atoms with Gasteiger partial charge in [-0.25, -0.2) is 4.99 Å². The summed E-state index contributed by atoms with van der Waals surface area (Å²) < 4.78 is 0. The monoisotopic (exact) mass is 267 g/mol. The number of nitrogens with one attached hydrogen (secondary N) is 1. The van der Waals surface area contributed by atoms with Crippen LogP contribution >= 0.6 is 11.6 Å². The molecule has 18 heavy (non-hydrogen) atoms. The highest BCUT2D eigenvalue weighted by atomic mass is 35.5. The first-order chi connectivity index (χ1) is 8.43. The summed E-state index contributed by atoms with van der Waals surface area (Å²) >= 11 is 6.02. The number of halogens is 1. The Morgan fingerprint density at radius 3 is 2.50 bits per heavy atom. The van der Waals surface area contributed by atoms with E-state index in [0.29, 0.717) is 11.6 Å². The van der Waals surface area contributed by atoms with Gasteiger partial charge in [0.15, 0.2) is 11.9 Å². The summed E-state index contributed by atoms with van der Waals surface area (Å²) in [4.78, 5) is 5.67. The third kappa shape index (κ3) is 3.63. The maximum atomic E-state index is 7.45. The minimum absolute atomic E-state index is 0.0162. The normalized spacial score (nSPS) is 11.7. The Labute approximate surface area is 112 Å². The number of aliphatic imine (C=N–C) groups is 1. The van der Waals surface area contributed by atoms with Crippen LogP contribution in [0.25, 0.3) is 0 Å². The quantitative estimate of drug-likeness (QED) is 0.576. The van der Waals surface area contributed by atoms with Gasteiger partial charge in [0.1, 0.15) is 0 Å². The maximum Gasteiger partial charge on any atom is 0.198 e. The minimum Gasteiger partial charge on any atom is -0.370 e. The first-order valence-corrected chi connectivity index (χ1v) is 5.98. The van der Waals surface area contributed by atoms with Crippen molar-refractivity contribution >= 4 is 23.5 Å². The van der Waals surface area contributed by atoms with E-state index in [1.807, 2.05) is 32.0 Å². The topological polar surface area (TPSA) is 91.5 Å². The van der Waals surface area contributed by atoms with Crippen molar-refractivity contribution < 1.29 is 0 Å². The fourth-order valence-electron chi connectivity index (χ4n) is 1.54. The summed E-state index contributed by atoms with van der Waals surface area (Å²) in [7, 11) is 0. The second-order valence-electron chi connectivity index (χ2n) is 4.11. The lowest BCUT2D eigenvalue weighted by atomic mass is 10.2. The smallest absolute Gasteiger partial charge is 0.198 e. The predicted molar refractivity (Wildman–Crippen MR) is 75.7 cm³/mol. The van der Waals surface area contributed by atoms with Gasteiger partial charge in [0, 0.05) is 11.1 Å². The fraction of sp³-hybridized carbons (Fsp3) is 0.333.